The van der Waals surface area contributed by atoms with E-state index >= 15 is 0 Å². The SMILES string of the molecule is COCCNS(=O)(=O)OCC(=O)Nc1nc(C)c(Cc2cccc(Cl)c2)s1. The minimum absolute atomic E-state index is 0.0546. The van der Waals surface area contributed by atoms with Gasteiger partial charge in [-0.15, -0.1) is 11.3 Å². The number of hydrogen-bond donors (Lipinski definition) is 2. The van der Waals surface area contributed by atoms with Gasteiger partial charge in [0.1, 0.15) is 6.61 Å². The van der Waals surface area contributed by atoms with Crippen LogP contribution in [0.5, 0.6) is 0 Å². The second-order valence-corrected chi connectivity index (χ2v) is 8.44. The van der Waals surface area contributed by atoms with Gasteiger partial charge in [0, 0.05) is 30.0 Å². The normalized spacial score (nSPS) is 11.5. The zero-order valence-electron chi connectivity index (χ0n) is 14.8. The second kappa shape index (κ2) is 10.1. The lowest BCUT2D eigenvalue weighted by Crippen LogP contribution is -2.31. The number of carbonyl (C=O) groups is 1. The van der Waals surface area contributed by atoms with Crippen LogP contribution in [-0.4, -0.2) is 46.2 Å². The molecule has 0 bridgehead atoms. The maximum absolute atomic E-state index is 11.9. The molecular formula is C16H20ClN3O5S2. The zero-order chi connectivity index (χ0) is 19.9. The van der Waals surface area contributed by atoms with Gasteiger partial charge in [-0.3, -0.25) is 10.1 Å². The highest BCUT2D eigenvalue weighted by Crippen LogP contribution is 2.26. The summed E-state index contributed by atoms with van der Waals surface area (Å²) in [6.45, 7) is 1.44. The van der Waals surface area contributed by atoms with Crippen molar-refractivity contribution in [3.8, 4) is 0 Å². The maximum Gasteiger partial charge on any atom is 0.336 e. The number of amides is 1. The molecule has 0 radical (unpaired) electrons. The van der Waals surface area contributed by atoms with Gasteiger partial charge in [0.05, 0.1) is 12.3 Å². The van der Waals surface area contributed by atoms with Crippen LogP contribution in [0, 0.1) is 6.92 Å². The summed E-state index contributed by atoms with van der Waals surface area (Å²) in [4.78, 5) is 17.2. The number of nitrogens with zero attached hydrogens (tertiary/aromatic N) is 1. The molecule has 0 aliphatic rings. The lowest BCUT2D eigenvalue weighted by molar-refractivity contribution is -0.118. The third-order valence-electron chi connectivity index (χ3n) is 3.32. The molecule has 0 saturated carbocycles. The van der Waals surface area contributed by atoms with E-state index in [9.17, 15) is 13.2 Å². The summed E-state index contributed by atoms with van der Waals surface area (Å²) in [6.07, 6.45) is 0.633. The van der Waals surface area contributed by atoms with Gasteiger partial charge in [-0.2, -0.15) is 13.1 Å². The summed E-state index contributed by atoms with van der Waals surface area (Å²) >= 11 is 7.31. The van der Waals surface area contributed by atoms with Crippen LogP contribution in [0.15, 0.2) is 24.3 Å². The van der Waals surface area contributed by atoms with E-state index in [1.807, 2.05) is 25.1 Å². The Kier molecular flexibility index (Phi) is 8.14. The second-order valence-electron chi connectivity index (χ2n) is 5.49. The molecule has 27 heavy (non-hydrogen) atoms. The topological polar surface area (TPSA) is 107 Å². The molecule has 1 aromatic heterocycles. The predicted octanol–water partition coefficient (Wildman–Crippen LogP) is 2.13. The van der Waals surface area contributed by atoms with Crippen LogP contribution in [0.3, 0.4) is 0 Å². The van der Waals surface area contributed by atoms with Crippen LogP contribution in [0.4, 0.5) is 5.13 Å². The summed E-state index contributed by atoms with van der Waals surface area (Å²) in [5.74, 6) is -0.616. The molecule has 0 spiro atoms. The average Bonchev–Trinajstić information content (AvgIpc) is 2.92. The molecule has 0 aliphatic carbocycles. The van der Waals surface area contributed by atoms with Crippen molar-refractivity contribution in [2.24, 2.45) is 0 Å². The standard InChI is InChI=1S/C16H20ClN3O5S2/c1-11-14(9-12-4-3-5-13(17)8-12)26-16(19-11)20-15(21)10-25-27(22,23)18-6-7-24-2/h3-5,8,18H,6-7,9-10H2,1-2H3,(H,19,20,21). The Labute approximate surface area is 167 Å². The zero-order valence-corrected chi connectivity index (χ0v) is 17.2. The first kappa shape index (κ1) is 21.7. The average molecular weight is 434 g/mol. The molecule has 1 heterocycles. The minimum atomic E-state index is -4.01. The number of hydrogen-bond acceptors (Lipinski definition) is 7. The molecule has 2 aromatic rings. The highest BCUT2D eigenvalue weighted by atomic mass is 35.5. The van der Waals surface area contributed by atoms with Crippen LogP contribution in [0.1, 0.15) is 16.1 Å². The van der Waals surface area contributed by atoms with Crippen LogP contribution in [0.25, 0.3) is 0 Å². The lowest BCUT2D eigenvalue weighted by atomic mass is 10.1. The number of thiazole rings is 1. The van der Waals surface area contributed by atoms with Gasteiger partial charge >= 0.3 is 10.3 Å². The van der Waals surface area contributed by atoms with Crippen LogP contribution in [0.2, 0.25) is 5.02 Å². The van der Waals surface area contributed by atoms with Crippen molar-refractivity contribution in [3.05, 3.63) is 45.4 Å². The van der Waals surface area contributed by atoms with E-state index in [-0.39, 0.29) is 13.2 Å². The fourth-order valence-electron chi connectivity index (χ4n) is 2.07. The number of anilines is 1. The monoisotopic (exact) mass is 433 g/mol. The van der Waals surface area contributed by atoms with Crippen molar-refractivity contribution < 1.29 is 22.1 Å². The molecule has 0 aliphatic heterocycles. The Morgan fingerprint density at radius 3 is 2.85 bits per heavy atom. The Hall–Kier alpha value is -1.56. The summed E-state index contributed by atoms with van der Waals surface area (Å²) in [7, 11) is -2.57. The van der Waals surface area contributed by atoms with Crippen molar-refractivity contribution in [1.29, 1.82) is 0 Å². The molecule has 0 atom stereocenters. The molecule has 11 heteroatoms. The summed E-state index contributed by atoms with van der Waals surface area (Å²) in [5.41, 5.74) is 1.81. The Morgan fingerprint density at radius 1 is 1.37 bits per heavy atom. The summed E-state index contributed by atoms with van der Waals surface area (Å²) in [6, 6.07) is 7.50. The third kappa shape index (κ3) is 7.53. The number of rotatable bonds is 10. The molecule has 1 aromatic carbocycles. The van der Waals surface area contributed by atoms with Gasteiger partial charge < -0.3 is 4.74 Å². The number of halogens is 1. The molecule has 1 amide bonds. The third-order valence-corrected chi connectivity index (χ3v) is 5.62. The van der Waals surface area contributed by atoms with Crippen molar-refractivity contribution >= 4 is 44.3 Å². The quantitative estimate of drug-likeness (QED) is 0.556. The number of methoxy groups -OCH3 is 1. The van der Waals surface area contributed by atoms with Gasteiger partial charge in [-0.1, -0.05) is 23.7 Å². The van der Waals surface area contributed by atoms with Gasteiger partial charge in [0.2, 0.25) is 0 Å². The number of aryl methyl sites for hydroxylation is 1. The van der Waals surface area contributed by atoms with E-state index in [0.29, 0.717) is 16.6 Å². The van der Waals surface area contributed by atoms with Gasteiger partial charge in [-0.25, -0.2) is 9.17 Å². The number of benzene rings is 1. The van der Waals surface area contributed by atoms with Crippen LogP contribution in [-0.2, 0) is 30.4 Å². The molecule has 0 fully saturated rings. The number of aromatic nitrogens is 1. The fraction of sp³-hybridized carbons (Fsp3) is 0.375. The largest absolute Gasteiger partial charge is 0.383 e. The summed E-state index contributed by atoms with van der Waals surface area (Å²) in [5, 5.41) is 3.57. The Balaban J connectivity index is 1.89. The number of carbonyl (C=O) groups excluding carboxylic acids is 1. The van der Waals surface area contributed by atoms with Crippen molar-refractivity contribution in [2.75, 3.05) is 32.2 Å². The van der Waals surface area contributed by atoms with E-state index in [4.69, 9.17) is 16.3 Å². The summed E-state index contributed by atoms with van der Waals surface area (Å²) < 4.78 is 34.6. The van der Waals surface area contributed by atoms with Gasteiger partial charge in [0.15, 0.2) is 5.13 Å². The molecule has 148 valence electrons. The smallest absolute Gasteiger partial charge is 0.336 e. The van der Waals surface area contributed by atoms with Crippen molar-refractivity contribution in [2.45, 2.75) is 13.3 Å². The fourth-order valence-corrected chi connectivity index (χ4v) is 3.98. The van der Waals surface area contributed by atoms with E-state index in [1.165, 1.54) is 18.4 Å². The molecule has 2 rings (SSSR count). The highest BCUT2D eigenvalue weighted by Gasteiger charge is 2.15. The van der Waals surface area contributed by atoms with E-state index in [1.54, 1.807) is 6.07 Å². The first-order valence-corrected chi connectivity index (χ1v) is 10.5. The maximum atomic E-state index is 11.9. The minimum Gasteiger partial charge on any atom is -0.383 e. The van der Waals surface area contributed by atoms with Crippen LogP contribution < -0.4 is 10.0 Å². The van der Waals surface area contributed by atoms with E-state index in [0.717, 1.165) is 16.1 Å². The lowest BCUT2D eigenvalue weighted by Gasteiger charge is -2.06. The van der Waals surface area contributed by atoms with Gasteiger partial charge in [-0.05, 0) is 24.6 Å². The number of nitrogens with one attached hydrogen (secondary N) is 2. The van der Waals surface area contributed by atoms with Gasteiger partial charge in [0.25, 0.3) is 5.91 Å². The number of ether oxygens (including phenoxy) is 1. The Morgan fingerprint density at radius 2 is 2.15 bits per heavy atom. The van der Waals surface area contributed by atoms with Crippen molar-refractivity contribution in [3.63, 3.8) is 0 Å². The first-order chi connectivity index (χ1) is 12.8. The van der Waals surface area contributed by atoms with Crippen molar-refractivity contribution in [1.82, 2.24) is 9.71 Å². The molecule has 8 nitrogen and oxygen atoms in total. The molecule has 0 unspecified atom stereocenters. The Bertz CT molecular complexity index is 886. The molecule has 0 saturated heterocycles. The van der Waals surface area contributed by atoms with E-state index < -0.39 is 22.8 Å². The van der Waals surface area contributed by atoms with Crippen LogP contribution >= 0.6 is 22.9 Å². The predicted molar refractivity (Wildman–Crippen MR) is 104 cm³/mol. The van der Waals surface area contributed by atoms with E-state index in [2.05, 4.69) is 19.2 Å². The highest BCUT2D eigenvalue weighted by molar-refractivity contribution is 7.84. The first-order valence-electron chi connectivity index (χ1n) is 7.92. The molecule has 2 N–H and O–H groups in total. The molecular weight excluding hydrogens is 414 g/mol.